The quantitative estimate of drug-likeness (QED) is 0.823. The fourth-order valence-corrected chi connectivity index (χ4v) is 3.78. The summed E-state index contributed by atoms with van der Waals surface area (Å²) in [6.45, 7) is 4.78. The van der Waals surface area contributed by atoms with Crippen LogP contribution < -0.4 is 0 Å². The van der Waals surface area contributed by atoms with Crippen LogP contribution >= 0.6 is 0 Å². The number of nitrogens with zero attached hydrogens (tertiary/aromatic N) is 2. The Morgan fingerprint density at radius 3 is 2.11 bits per heavy atom. The highest BCUT2D eigenvalue weighted by molar-refractivity contribution is 5.76. The minimum Gasteiger partial charge on any atom is -0.481 e. The fraction of sp³-hybridized carbons (Fsp3) is 0.857. The molecule has 0 aromatic carbocycles. The zero-order chi connectivity index (χ0) is 13.6. The molecule has 3 aliphatic rings. The Kier molecular flexibility index (Phi) is 3.15. The van der Waals surface area contributed by atoms with Crippen LogP contribution in [0.3, 0.4) is 0 Å². The third-order valence-corrected chi connectivity index (χ3v) is 5.27. The van der Waals surface area contributed by atoms with Gasteiger partial charge in [0.1, 0.15) is 0 Å². The normalized spacial score (nSPS) is 32.1. The minimum absolute atomic E-state index is 0.128. The van der Waals surface area contributed by atoms with E-state index in [0.717, 1.165) is 24.9 Å². The van der Waals surface area contributed by atoms with E-state index in [0.29, 0.717) is 13.1 Å². The highest BCUT2D eigenvalue weighted by atomic mass is 16.4. The van der Waals surface area contributed by atoms with Crippen molar-refractivity contribution < 1.29 is 14.7 Å². The van der Waals surface area contributed by atoms with Crippen molar-refractivity contribution in [3.05, 3.63) is 0 Å². The smallest absolute Gasteiger partial charge is 0.320 e. The summed E-state index contributed by atoms with van der Waals surface area (Å²) in [5, 5.41) is 8.95. The molecule has 0 radical (unpaired) electrons. The first kappa shape index (κ1) is 12.8. The van der Waals surface area contributed by atoms with Gasteiger partial charge in [0.25, 0.3) is 0 Å². The fourth-order valence-electron chi connectivity index (χ4n) is 3.78. The lowest BCUT2D eigenvalue weighted by atomic mass is 9.87. The van der Waals surface area contributed by atoms with E-state index in [4.69, 9.17) is 5.11 Å². The van der Waals surface area contributed by atoms with Gasteiger partial charge in [-0.15, -0.1) is 0 Å². The van der Waals surface area contributed by atoms with Crippen molar-refractivity contribution >= 4 is 12.0 Å². The van der Waals surface area contributed by atoms with Crippen LogP contribution in [0.25, 0.3) is 0 Å². The monoisotopic (exact) mass is 266 g/mol. The Morgan fingerprint density at radius 2 is 1.58 bits per heavy atom. The van der Waals surface area contributed by atoms with Crippen LogP contribution in [0, 0.1) is 23.7 Å². The number of rotatable bonds is 2. The van der Waals surface area contributed by atoms with E-state index in [1.807, 2.05) is 9.80 Å². The molecular weight excluding hydrogens is 244 g/mol. The maximum Gasteiger partial charge on any atom is 0.320 e. The van der Waals surface area contributed by atoms with Crippen LogP contribution in [0.4, 0.5) is 4.79 Å². The number of carboxylic acids is 1. The van der Waals surface area contributed by atoms with Gasteiger partial charge in [0.05, 0.1) is 5.92 Å². The number of amides is 2. The van der Waals surface area contributed by atoms with Crippen molar-refractivity contribution in [1.29, 1.82) is 0 Å². The number of aliphatic carboxylic acids is 1. The van der Waals surface area contributed by atoms with Crippen LogP contribution in [-0.4, -0.2) is 53.1 Å². The van der Waals surface area contributed by atoms with Crippen LogP contribution in [0.5, 0.6) is 0 Å². The molecule has 2 saturated heterocycles. The lowest BCUT2D eigenvalue weighted by Crippen LogP contribution is -2.57. The van der Waals surface area contributed by atoms with Crippen molar-refractivity contribution in [2.75, 3.05) is 26.2 Å². The number of urea groups is 1. The third-order valence-electron chi connectivity index (χ3n) is 5.27. The Hall–Kier alpha value is -1.26. The Balaban J connectivity index is 1.50. The molecule has 0 aromatic rings. The summed E-state index contributed by atoms with van der Waals surface area (Å²) in [5.74, 6) is 0.469. The Labute approximate surface area is 113 Å². The van der Waals surface area contributed by atoms with Gasteiger partial charge < -0.3 is 14.9 Å². The maximum absolute atomic E-state index is 12.3. The second-order valence-corrected chi connectivity index (χ2v) is 6.43. The van der Waals surface area contributed by atoms with Crippen molar-refractivity contribution in [2.24, 2.45) is 23.7 Å². The van der Waals surface area contributed by atoms with E-state index >= 15 is 0 Å². The van der Waals surface area contributed by atoms with E-state index in [1.54, 1.807) is 6.92 Å². The number of hydrogen-bond donors (Lipinski definition) is 1. The maximum atomic E-state index is 12.3. The molecule has 1 aliphatic carbocycles. The van der Waals surface area contributed by atoms with Crippen LogP contribution in [0.1, 0.15) is 26.2 Å². The molecule has 19 heavy (non-hydrogen) atoms. The number of carboxylic acid groups (broad SMARTS) is 1. The van der Waals surface area contributed by atoms with Gasteiger partial charge in [0.15, 0.2) is 0 Å². The van der Waals surface area contributed by atoms with E-state index in [-0.39, 0.29) is 17.9 Å². The lowest BCUT2D eigenvalue weighted by Gasteiger charge is -2.42. The van der Waals surface area contributed by atoms with E-state index in [1.165, 1.54) is 19.3 Å². The second kappa shape index (κ2) is 4.69. The summed E-state index contributed by atoms with van der Waals surface area (Å²) in [5.41, 5.74) is 0. The molecule has 3 rings (SSSR count). The van der Waals surface area contributed by atoms with Crippen molar-refractivity contribution in [2.45, 2.75) is 26.2 Å². The van der Waals surface area contributed by atoms with Crippen LogP contribution in [0.15, 0.2) is 0 Å². The molecule has 3 fully saturated rings. The number of fused-ring (bicyclic) bond motifs is 1. The van der Waals surface area contributed by atoms with Gasteiger partial charge in [0.2, 0.25) is 0 Å². The van der Waals surface area contributed by atoms with Gasteiger partial charge in [-0.2, -0.15) is 0 Å². The number of carbonyl (C=O) groups excluding carboxylic acids is 1. The molecule has 3 atom stereocenters. The predicted octanol–water partition coefficient (Wildman–Crippen LogP) is 1.49. The first-order valence-corrected chi connectivity index (χ1v) is 7.33. The van der Waals surface area contributed by atoms with Gasteiger partial charge in [-0.3, -0.25) is 4.79 Å². The molecule has 3 unspecified atom stereocenters. The Morgan fingerprint density at radius 1 is 1.05 bits per heavy atom. The van der Waals surface area contributed by atoms with Gasteiger partial charge in [-0.05, 0) is 24.7 Å². The highest BCUT2D eigenvalue weighted by Gasteiger charge is 2.43. The van der Waals surface area contributed by atoms with Crippen molar-refractivity contribution in [3.63, 3.8) is 0 Å². The molecule has 5 heteroatoms. The van der Waals surface area contributed by atoms with E-state index in [9.17, 15) is 9.59 Å². The summed E-state index contributed by atoms with van der Waals surface area (Å²) in [6, 6.07) is 0.128. The molecule has 0 aromatic heterocycles. The first-order chi connectivity index (χ1) is 9.06. The molecular formula is C14H22N2O3. The average Bonchev–Trinajstić information content (AvgIpc) is 2.85. The van der Waals surface area contributed by atoms with Gasteiger partial charge in [0, 0.05) is 32.1 Å². The zero-order valence-corrected chi connectivity index (χ0v) is 11.4. The van der Waals surface area contributed by atoms with Gasteiger partial charge in [-0.25, -0.2) is 4.79 Å². The Bertz CT molecular complexity index is 380. The summed E-state index contributed by atoms with van der Waals surface area (Å²) < 4.78 is 0. The van der Waals surface area contributed by atoms with E-state index < -0.39 is 5.97 Å². The van der Waals surface area contributed by atoms with Crippen LogP contribution in [-0.2, 0) is 4.79 Å². The third kappa shape index (κ3) is 2.19. The van der Waals surface area contributed by atoms with Crippen LogP contribution in [0.2, 0.25) is 0 Å². The SMILES string of the molecule is CC(C(=O)O)C1CN(C(=O)N2CC3CCCC3C2)C1. The van der Waals surface area contributed by atoms with Crippen molar-refractivity contribution in [1.82, 2.24) is 9.80 Å². The molecule has 2 heterocycles. The summed E-state index contributed by atoms with van der Waals surface area (Å²) in [7, 11) is 0. The standard InChI is InChI=1S/C14H22N2O3/c1-9(13(17)18)12-7-16(8-12)14(19)15-5-10-3-2-4-11(10)6-15/h9-12H,2-8H2,1H3,(H,17,18). The van der Waals surface area contributed by atoms with Crippen molar-refractivity contribution in [3.8, 4) is 0 Å². The number of carbonyl (C=O) groups is 2. The average molecular weight is 266 g/mol. The van der Waals surface area contributed by atoms with Gasteiger partial charge in [-0.1, -0.05) is 13.3 Å². The molecule has 0 bridgehead atoms. The molecule has 0 spiro atoms. The highest BCUT2D eigenvalue weighted by Crippen LogP contribution is 2.38. The number of likely N-dealkylation sites (tertiary alicyclic amines) is 2. The molecule has 5 nitrogen and oxygen atoms in total. The largest absolute Gasteiger partial charge is 0.481 e. The summed E-state index contributed by atoms with van der Waals surface area (Å²) in [4.78, 5) is 27.0. The summed E-state index contributed by atoms with van der Waals surface area (Å²) >= 11 is 0. The van der Waals surface area contributed by atoms with E-state index in [2.05, 4.69) is 0 Å². The lowest BCUT2D eigenvalue weighted by molar-refractivity contribution is -0.144. The first-order valence-electron chi connectivity index (χ1n) is 7.33. The number of hydrogen-bond acceptors (Lipinski definition) is 2. The topological polar surface area (TPSA) is 60.9 Å². The second-order valence-electron chi connectivity index (χ2n) is 6.43. The molecule has 2 aliphatic heterocycles. The zero-order valence-electron chi connectivity index (χ0n) is 11.4. The molecule has 1 saturated carbocycles. The predicted molar refractivity (Wildman–Crippen MR) is 69.7 cm³/mol. The molecule has 2 amide bonds. The molecule has 106 valence electrons. The molecule has 1 N–H and O–H groups in total. The summed E-state index contributed by atoms with van der Waals surface area (Å²) in [6.07, 6.45) is 3.86. The van der Waals surface area contributed by atoms with Gasteiger partial charge >= 0.3 is 12.0 Å². The minimum atomic E-state index is -0.757.